The number of benzene rings is 1. The number of nitrogens with one attached hydrogen (secondary N) is 1. The summed E-state index contributed by atoms with van der Waals surface area (Å²) in [6.45, 7) is 7.26. The molecule has 0 bridgehead atoms. The summed E-state index contributed by atoms with van der Waals surface area (Å²) in [7, 11) is 1.63. The third-order valence-corrected chi connectivity index (χ3v) is 3.19. The molecule has 0 aromatic heterocycles. The summed E-state index contributed by atoms with van der Waals surface area (Å²) >= 11 is 0. The molecule has 1 aromatic rings. The highest BCUT2D eigenvalue weighted by molar-refractivity contribution is 5.31. The SMILES string of the molecule is CCCC(C)(C)NCC(O)COc1ccc(OC)cc1. The van der Waals surface area contributed by atoms with E-state index in [9.17, 15) is 5.11 Å². The lowest BCUT2D eigenvalue weighted by molar-refractivity contribution is 0.0980. The molecule has 0 aliphatic rings. The van der Waals surface area contributed by atoms with Crippen LogP contribution >= 0.6 is 0 Å². The molecule has 0 saturated carbocycles. The van der Waals surface area contributed by atoms with E-state index in [4.69, 9.17) is 9.47 Å². The second-order valence-electron chi connectivity index (χ2n) is 5.66. The van der Waals surface area contributed by atoms with Gasteiger partial charge in [-0.15, -0.1) is 0 Å². The summed E-state index contributed by atoms with van der Waals surface area (Å²) in [4.78, 5) is 0. The molecule has 0 saturated heterocycles. The van der Waals surface area contributed by atoms with Crippen molar-refractivity contribution in [1.29, 1.82) is 0 Å². The van der Waals surface area contributed by atoms with Crippen molar-refractivity contribution in [1.82, 2.24) is 5.32 Å². The number of methoxy groups -OCH3 is 1. The standard InChI is InChI=1S/C16H27NO3/c1-5-10-16(2,3)17-11-13(18)12-20-15-8-6-14(19-4)7-9-15/h6-9,13,17-18H,5,10-12H2,1-4H3. The second-order valence-corrected chi connectivity index (χ2v) is 5.66. The van der Waals surface area contributed by atoms with Crippen LogP contribution in [0.15, 0.2) is 24.3 Å². The Morgan fingerprint density at radius 3 is 2.35 bits per heavy atom. The molecule has 0 aliphatic heterocycles. The lowest BCUT2D eigenvalue weighted by Gasteiger charge is -2.27. The molecule has 1 aromatic carbocycles. The molecule has 2 N–H and O–H groups in total. The Morgan fingerprint density at radius 1 is 1.20 bits per heavy atom. The highest BCUT2D eigenvalue weighted by atomic mass is 16.5. The van der Waals surface area contributed by atoms with Gasteiger partial charge >= 0.3 is 0 Å². The summed E-state index contributed by atoms with van der Waals surface area (Å²) in [6.07, 6.45) is 1.69. The summed E-state index contributed by atoms with van der Waals surface area (Å²) in [5.41, 5.74) is 0.0514. The van der Waals surface area contributed by atoms with Crippen molar-refractivity contribution < 1.29 is 14.6 Å². The molecular weight excluding hydrogens is 254 g/mol. The molecular formula is C16H27NO3. The fourth-order valence-electron chi connectivity index (χ4n) is 2.03. The highest BCUT2D eigenvalue weighted by Gasteiger charge is 2.17. The van der Waals surface area contributed by atoms with E-state index in [-0.39, 0.29) is 12.1 Å². The summed E-state index contributed by atoms with van der Waals surface area (Å²) in [5.74, 6) is 1.53. The number of aliphatic hydroxyl groups is 1. The Kier molecular flexibility index (Phi) is 6.82. The van der Waals surface area contributed by atoms with Crippen LogP contribution in [0.2, 0.25) is 0 Å². The van der Waals surface area contributed by atoms with Crippen molar-refractivity contribution in [2.24, 2.45) is 0 Å². The highest BCUT2D eigenvalue weighted by Crippen LogP contribution is 2.17. The minimum absolute atomic E-state index is 0.0514. The van der Waals surface area contributed by atoms with E-state index < -0.39 is 6.10 Å². The predicted molar refractivity (Wildman–Crippen MR) is 81.5 cm³/mol. The third kappa shape index (κ3) is 6.26. The monoisotopic (exact) mass is 281 g/mol. The fraction of sp³-hybridized carbons (Fsp3) is 0.625. The lowest BCUT2D eigenvalue weighted by Crippen LogP contribution is -2.44. The zero-order valence-electron chi connectivity index (χ0n) is 13.0. The van der Waals surface area contributed by atoms with Gasteiger partial charge in [-0.3, -0.25) is 0 Å². The predicted octanol–water partition coefficient (Wildman–Crippen LogP) is 2.60. The average Bonchev–Trinajstić information content (AvgIpc) is 2.43. The summed E-state index contributed by atoms with van der Waals surface area (Å²) in [5, 5.41) is 13.3. The van der Waals surface area contributed by atoms with E-state index in [1.54, 1.807) is 7.11 Å². The van der Waals surface area contributed by atoms with Gasteiger partial charge in [0, 0.05) is 12.1 Å². The molecule has 114 valence electrons. The van der Waals surface area contributed by atoms with Gasteiger partial charge in [0.15, 0.2) is 0 Å². The Morgan fingerprint density at radius 2 is 1.80 bits per heavy atom. The van der Waals surface area contributed by atoms with Gasteiger partial charge in [0.05, 0.1) is 7.11 Å². The molecule has 1 unspecified atom stereocenters. The first-order valence-corrected chi connectivity index (χ1v) is 7.17. The normalized spacial score (nSPS) is 13.1. The zero-order valence-corrected chi connectivity index (χ0v) is 13.0. The minimum Gasteiger partial charge on any atom is -0.497 e. The van der Waals surface area contributed by atoms with Gasteiger partial charge in [0.25, 0.3) is 0 Å². The van der Waals surface area contributed by atoms with Gasteiger partial charge in [-0.2, -0.15) is 0 Å². The number of hydrogen-bond acceptors (Lipinski definition) is 4. The Balaban J connectivity index is 2.30. The maximum Gasteiger partial charge on any atom is 0.119 e. The molecule has 1 rings (SSSR count). The average molecular weight is 281 g/mol. The maximum absolute atomic E-state index is 9.93. The van der Waals surface area contributed by atoms with Crippen LogP contribution in [0.3, 0.4) is 0 Å². The Hall–Kier alpha value is -1.26. The number of ether oxygens (including phenoxy) is 2. The number of rotatable bonds is 9. The molecule has 4 nitrogen and oxygen atoms in total. The largest absolute Gasteiger partial charge is 0.497 e. The molecule has 0 heterocycles. The lowest BCUT2D eigenvalue weighted by atomic mass is 9.99. The smallest absolute Gasteiger partial charge is 0.119 e. The van der Waals surface area contributed by atoms with E-state index in [1.807, 2.05) is 24.3 Å². The van der Waals surface area contributed by atoms with Crippen LogP contribution in [0.4, 0.5) is 0 Å². The molecule has 1 atom stereocenters. The first-order valence-electron chi connectivity index (χ1n) is 7.17. The van der Waals surface area contributed by atoms with E-state index in [2.05, 4.69) is 26.1 Å². The molecule has 20 heavy (non-hydrogen) atoms. The summed E-state index contributed by atoms with van der Waals surface area (Å²) in [6, 6.07) is 7.34. The van der Waals surface area contributed by atoms with Crippen molar-refractivity contribution in [3.8, 4) is 11.5 Å². The van der Waals surface area contributed by atoms with Crippen LogP contribution in [-0.4, -0.2) is 37.0 Å². The number of hydrogen-bond donors (Lipinski definition) is 2. The molecule has 0 aliphatic carbocycles. The van der Waals surface area contributed by atoms with Gasteiger partial charge < -0.3 is 19.9 Å². The second kappa shape index (κ2) is 8.12. The van der Waals surface area contributed by atoms with E-state index in [1.165, 1.54) is 0 Å². The number of aliphatic hydroxyl groups excluding tert-OH is 1. The van der Waals surface area contributed by atoms with Gasteiger partial charge in [0.2, 0.25) is 0 Å². The zero-order chi connectivity index (χ0) is 15.0. The number of β-amino-alcohol motifs (C(OH)–C–C–N with tert-alkyl or cyclic N) is 1. The first kappa shape index (κ1) is 16.8. The quantitative estimate of drug-likeness (QED) is 0.730. The van der Waals surface area contributed by atoms with Crippen molar-refractivity contribution in [3.05, 3.63) is 24.3 Å². The first-order chi connectivity index (χ1) is 9.46. The molecule has 4 heteroatoms. The van der Waals surface area contributed by atoms with Crippen LogP contribution in [0.5, 0.6) is 11.5 Å². The molecule has 0 spiro atoms. The Labute approximate surface area is 122 Å². The van der Waals surface area contributed by atoms with Crippen molar-refractivity contribution in [2.45, 2.75) is 45.3 Å². The molecule has 0 amide bonds. The fourth-order valence-corrected chi connectivity index (χ4v) is 2.03. The van der Waals surface area contributed by atoms with E-state index in [0.717, 1.165) is 24.3 Å². The molecule has 0 fully saturated rings. The maximum atomic E-state index is 9.93. The van der Waals surface area contributed by atoms with Gasteiger partial charge in [0.1, 0.15) is 24.2 Å². The Bertz CT molecular complexity index is 376. The van der Waals surface area contributed by atoms with Gasteiger partial charge in [-0.1, -0.05) is 13.3 Å². The summed E-state index contributed by atoms with van der Waals surface area (Å²) < 4.78 is 10.6. The van der Waals surface area contributed by atoms with Crippen LogP contribution < -0.4 is 14.8 Å². The third-order valence-electron chi connectivity index (χ3n) is 3.19. The van der Waals surface area contributed by atoms with Crippen LogP contribution in [0.1, 0.15) is 33.6 Å². The molecule has 0 radical (unpaired) electrons. The van der Waals surface area contributed by atoms with Crippen LogP contribution in [0, 0.1) is 0 Å². The van der Waals surface area contributed by atoms with Crippen molar-refractivity contribution in [2.75, 3.05) is 20.3 Å². The van der Waals surface area contributed by atoms with Gasteiger partial charge in [-0.25, -0.2) is 0 Å². The topological polar surface area (TPSA) is 50.7 Å². The van der Waals surface area contributed by atoms with Crippen LogP contribution in [0.25, 0.3) is 0 Å². The minimum atomic E-state index is -0.520. The van der Waals surface area contributed by atoms with Crippen molar-refractivity contribution >= 4 is 0 Å². The van der Waals surface area contributed by atoms with E-state index in [0.29, 0.717) is 6.54 Å². The van der Waals surface area contributed by atoms with Crippen molar-refractivity contribution in [3.63, 3.8) is 0 Å². The van der Waals surface area contributed by atoms with E-state index >= 15 is 0 Å². The van der Waals surface area contributed by atoms with Crippen LogP contribution in [-0.2, 0) is 0 Å². The van der Waals surface area contributed by atoms with Gasteiger partial charge in [-0.05, 0) is 44.5 Å².